The van der Waals surface area contributed by atoms with Crippen LogP contribution in [0.5, 0.6) is 0 Å². The van der Waals surface area contributed by atoms with Crippen molar-refractivity contribution in [3.8, 4) is 16.8 Å². The van der Waals surface area contributed by atoms with Crippen LogP contribution in [-0.4, -0.2) is 4.57 Å². The lowest BCUT2D eigenvalue weighted by Crippen LogP contribution is -2.12. The van der Waals surface area contributed by atoms with E-state index in [1.165, 1.54) is 98.4 Å². The van der Waals surface area contributed by atoms with Gasteiger partial charge in [0.05, 0.1) is 22.4 Å². The minimum atomic E-state index is 0.610. The Labute approximate surface area is 282 Å². The molecule has 2 nitrogen and oxygen atoms in total. The van der Waals surface area contributed by atoms with Crippen molar-refractivity contribution in [2.75, 3.05) is 4.90 Å². The van der Waals surface area contributed by atoms with Crippen molar-refractivity contribution in [2.24, 2.45) is 0 Å². The minimum Gasteiger partial charge on any atom is -0.309 e. The van der Waals surface area contributed by atoms with E-state index in [1.807, 2.05) is 0 Å². The SMILES string of the molecule is c1ccc(N(c2ccccc2-c2cccc3cccc(C4CCCCC4)c23)c2cccc3c2c2ccccc2n3-c2ccccc2)cc1. The van der Waals surface area contributed by atoms with Crippen molar-refractivity contribution in [1.29, 1.82) is 0 Å². The summed E-state index contributed by atoms with van der Waals surface area (Å²) in [6.45, 7) is 0. The van der Waals surface area contributed by atoms with Gasteiger partial charge < -0.3 is 9.47 Å². The maximum Gasteiger partial charge on any atom is 0.0562 e. The van der Waals surface area contributed by atoms with Gasteiger partial charge in [0, 0.05) is 27.7 Å². The molecule has 7 aromatic carbocycles. The zero-order valence-electron chi connectivity index (χ0n) is 27.1. The van der Waals surface area contributed by atoms with Gasteiger partial charge in [-0.3, -0.25) is 0 Å². The van der Waals surface area contributed by atoms with Crippen LogP contribution in [0, 0.1) is 0 Å². The molecule has 0 atom stereocenters. The summed E-state index contributed by atoms with van der Waals surface area (Å²) < 4.78 is 2.41. The molecular weight excluding hydrogens is 581 g/mol. The summed E-state index contributed by atoms with van der Waals surface area (Å²) in [6.07, 6.45) is 6.55. The van der Waals surface area contributed by atoms with Crippen molar-refractivity contribution in [1.82, 2.24) is 4.57 Å². The van der Waals surface area contributed by atoms with Gasteiger partial charge in [-0.25, -0.2) is 0 Å². The number of hydrogen-bond acceptors (Lipinski definition) is 1. The number of anilines is 3. The second-order valence-corrected chi connectivity index (χ2v) is 13.1. The Balaban J connectivity index is 1.33. The van der Waals surface area contributed by atoms with Crippen molar-refractivity contribution in [3.05, 3.63) is 169 Å². The first-order valence-corrected chi connectivity index (χ1v) is 17.4. The number of fused-ring (bicyclic) bond motifs is 4. The summed E-state index contributed by atoms with van der Waals surface area (Å²) in [6, 6.07) is 60.1. The molecule has 0 bridgehead atoms. The van der Waals surface area contributed by atoms with Crippen molar-refractivity contribution in [3.63, 3.8) is 0 Å². The molecule has 1 saturated carbocycles. The van der Waals surface area contributed by atoms with E-state index in [2.05, 4.69) is 173 Å². The van der Waals surface area contributed by atoms with Gasteiger partial charge in [-0.15, -0.1) is 0 Å². The highest BCUT2D eigenvalue weighted by atomic mass is 15.1. The lowest BCUT2D eigenvalue weighted by Gasteiger charge is -2.29. The van der Waals surface area contributed by atoms with Gasteiger partial charge >= 0.3 is 0 Å². The van der Waals surface area contributed by atoms with Gasteiger partial charge in [0.2, 0.25) is 0 Å². The molecule has 0 unspecified atom stereocenters. The molecule has 9 rings (SSSR count). The Morgan fingerprint density at radius 1 is 0.458 bits per heavy atom. The highest BCUT2D eigenvalue weighted by molar-refractivity contribution is 6.17. The van der Waals surface area contributed by atoms with Crippen molar-refractivity contribution < 1.29 is 0 Å². The molecule has 8 aromatic rings. The number of aromatic nitrogens is 1. The van der Waals surface area contributed by atoms with E-state index >= 15 is 0 Å². The molecule has 0 aliphatic heterocycles. The second-order valence-electron chi connectivity index (χ2n) is 13.1. The molecule has 232 valence electrons. The largest absolute Gasteiger partial charge is 0.309 e. The van der Waals surface area contributed by atoms with Gasteiger partial charge in [0.15, 0.2) is 0 Å². The number of nitrogens with zero attached hydrogens (tertiary/aromatic N) is 2. The van der Waals surface area contributed by atoms with Crippen molar-refractivity contribution >= 4 is 49.6 Å². The van der Waals surface area contributed by atoms with E-state index in [4.69, 9.17) is 0 Å². The molecule has 1 aromatic heterocycles. The van der Waals surface area contributed by atoms with E-state index in [9.17, 15) is 0 Å². The summed E-state index contributed by atoms with van der Waals surface area (Å²) in [5, 5.41) is 5.22. The highest BCUT2D eigenvalue weighted by Crippen LogP contribution is 2.48. The molecular formula is C46H38N2. The monoisotopic (exact) mass is 618 g/mol. The number of benzene rings is 7. The standard InChI is InChI=1S/C46H38N2/c1-4-17-33(18-5-1)37-27-14-19-34-20-15-28-39(45(34)37)38-25-10-12-29-41(38)47(35-21-6-2-7-22-35)43-31-16-32-44-46(43)40-26-11-13-30-42(40)48(44)36-23-8-3-9-24-36/h2-3,6-16,19-33H,1,4-5,17-18H2. The van der Waals surface area contributed by atoms with Gasteiger partial charge in [-0.1, -0.05) is 135 Å². The fourth-order valence-electron chi connectivity index (χ4n) is 8.27. The molecule has 2 heteroatoms. The Hall–Kier alpha value is -5.60. The van der Waals surface area contributed by atoms with E-state index in [0.29, 0.717) is 5.92 Å². The Kier molecular flexibility index (Phi) is 7.28. The summed E-state index contributed by atoms with van der Waals surface area (Å²) in [5.41, 5.74) is 11.1. The zero-order chi connectivity index (χ0) is 31.9. The van der Waals surface area contributed by atoms with Gasteiger partial charge in [-0.05, 0) is 89.2 Å². The maximum atomic E-state index is 2.49. The summed E-state index contributed by atoms with van der Waals surface area (Å²) in [4.78, 5) is 2.49. The van der Waals surface area contributed by atoms with Crippen LogP contribution in [0.25, 0.3) is 49.4 Å². The van der Waals surface area contributed by atoms with Gasteiger partial charge in [0.25, 0.3) is 0 Å². The third-order valence-corrected chi connectivity index (χ3v) is 10.4. The predicted molar refractivity (Wildman–Crippen MR) is 204 cm³/mol. The molecule has 0 radical (unpaired) electrons. The lowest BCUT2D eigenvalue weighted by atomic mass is 9.80. The third kappa shape index (κ3) is 4.79. The van der Waals surface area contributed by atoms with E-state index in [0.717, 1.165) is 5.69 Å². The first-order valence-electron chi connectivity index (χ1n) is 17.4. The normalized spacial score (nSPS) is 13.8. The highest BCUT2D eigenvalue weighted by Gasteiger charge is 2.25. The van der Waals surface area contributed by atoms with Crippen LogP contribution in [0.1, 0.15) is 43.6 Å². The lowest BCUT2D eigenvalue weighted by molar-refractivity contribution is 0.445. The predicted octanol–water partition coefficient (Wildman–Crippen LogP) is 13.1. The van der Waals surface area contributed by atoms with Crippen LogP contribution < -0.4 is 4.90 Å². The molecule has 0 spiro atoms. The Morgan fingerprint density at radius 2 is 1.08 bits per heavy atom. The minimum absolute atomic E-state index is 0.610. The molecule has 1 aliphatic rings. The third-order valence-electron chi connectivity index (χ3n) is 10.4. The van der Waals surface area contributed by atoms with Crippen LogP contribution in [0.15, 0.2) is 164 Å². The summed E-state index contributed by atoms with van der Waals surface area (Å²) in [7, 11) is 0. The van der Waals surface area contributed by atoms with Gasteiger partial charge in [0.1, 0.15) is 0 Å². The summed E-state index contributed by atoms with van der Waals surface area (Å²) in [5.74, 6) is 0.610. The topological polar surface area (TPSA) is 8.17 Å². The van der Waals surface area contributed by atoms with E-state index in [1.54, 1.807) is 0 Å². The fraction of sp³-hybridized carbons (Fsp3) is 0.130. The summed E-state index contributed by atoms with van der Waals surface area (Å²) >= 11 is 0. The van der Waals surface area contributed by atoms with E-state index < -0.39 is 0 Å². The van der Waals surface area contributed by atoms with Crippen LogP contribution in [0.4, 0.5) is 17.1 Å². The molecule has 48 heavy (non-hydrogen) atoms. The second kappa shape index (κ2) is 12.2. The molecule has 1 fully saturated rings. The van der Waals surface area contributed by atoms with Crippen LogP contribution in [0.2, 0.25) is 0 Å². The first-order chi connectivity index (χ1) is 23.9. The molecule has 0 N–H and O–H groups in total. The van der Waals surface area contributed by atoms with E-state index in [-0.39, 0.29) is 0 Å². The number of rotatable bonds is 6. The van der Waals surface area contributed by atoms with Crippen molar-refractivity contribution in [2.45, 2.75) is 38.0 Å². The van der Waals surface area contributed by atoms with Gasteiger partial charge in [-0.2, -0.15) is 0 Å². The molecule has 0 amide bonds. The molecule has 0 saturated heterocycles. The zero-order valence-corrected chi connectivity index (χ0v) is 27.1. The quantitative estimate of drug-likeness (QED) is 0.180. The molecule has 1 aliphatic carbocycles. The first kappa shape index (κ1) is 28.6. The Bertz CT molecular complexity index is 2370. The van der Waals surface area contributed by atoms with Crippen LogP contribution in [-0.2, 0) is 0 Å². The average Bonchev–Trinajstić information content (AvgIpc) is 3.51. The smallest absolute Gasteiger partial charge is 0.0562 e. The fourth-order valence-corrected chi connectivity index (χ4v) is 8.27. The Morgan fingerprint density at radius 3 is 1.92 bits per heavy atom. The maximum absolute atomic E-state index is 2.49. The number of para-hydroxylation sites is 4. The molecule has 1 heterocycles. The van der Waals surface area contributed by atoms with Crippen LogP contribution >= 0.6 is 0 Å². The number of hydrogen-bond donors (Lipinski definition) is 0. The van der Waals surface area contributed by atoms with Crippen LogP contribution in [0.3, 0.4) is 0 Å². The average molecular weight is 619 g/mol.